The molecule has 1 heterocycles. The molecule has 24 heavy (non-hydrogen) atoms. The second-order valence-corrected chi connectivity index (χ2v) is 5.86. The second kappa shape index (κ2) is 13.7. The fraction of sp³-hybridized carbons (Fsp3) is 0.875. The number of nitrogens with zero attached hydrogens (tertiary/aromatic N) is 3. The van der Waals surface area contributed by atoms with Gasteiger partial charge in [-0.25, -0.2) is 4.99 Å². The lowest BCUT2D eigenvalue weighted by Crippen LogP contribution is -2.47. The topological polar surface area (TPSA) is 66.4 Å². The minimum absolute atomic E-state index is 0. The number of nitrogens with one attached hydrogen (secondary N) is 1. The second-order valence-electron chi connectivity index (χ2n) is 5.86. The van der Waals surface area contributed by atoms with Crippen LogP contribution in [0.1, 0.15) is 26.2 Å². The van der Waals surface area contributed by atoms with Crippen LogP contribution in [0.25, 0.3) is 0 Å². The Bertz CT molecular complexity index is 372. The monoisotopic (exact) mass is 456 g/mol. The van der Waals surface area contributed by atoms with Crippen molar-refractivity contribution in [2.45, 2.75) is 32.3 Å². The van der Waals surface area contributed by atoms with E-state index in [2.05, 4.69) is 15.2 Å². The van der Waals surface area contributed by atoms with Crippen LogP contribution in [0.5, 0.6) is 0 Å². The molecule has 8 heteroatoms. The summed E-state index contributed by atoms with van der Waals surface area (Å²) in [6.45, 7) is 6.31. The van der Waals surface area contributed by atoms with Crippen LogP contribution >= 0.6 is 24.0 Å². The number of likely N-dealkylation sites (tertiary alicyclic amines) is 1. The van der Waals surface area contributed by atoms with Gasteiger partial charge in [-0.05, 0) is 26.2 Å². The quantitative estimate of drug-likeness (QED) is 0.257. The van der Waals surface area contributed by atoms with Crippen LogP contribution in [0.3, 0.4) is 0 Å². The molecule has 0 saturated carbocycles. The molecule has 1 aliphatic rings. The van der Waals surface area contributed by atoms with Gasteiger partial charge in [0.2, 0.25) is 5.91 Å². The minimum Gasteiger partial charge on any atom is -0.385 e. The third-order valence-corrected chi connectivity index (χ3v) is 3.79. The number of amides is 1. The number of likely N-dealkylation sites (N-methyl/N-ethyl adjacent to an activating group) is 1. The van der Waals surface area contributed by atoms with E-state index < -0.39 is 0 Å². The van der Waals surface area contributed by atoms with Crippen molar-refractivity contribution in [1.29, 1.82) is 0 Å². The molecule has 0 aromatic carbocycles. The first-order valence-electron chi connectivity index (χ1n) is 8.42. The molecule has 1 fully saturated rings. The number of halogens is 1. The van der Waals surface area contributed by atoms with E-state index in [1.54, 1.807) is 26.1 Å². The maximum Gasteiger partial charge on any atom is 0.243 e. The molecule has 0 aliphatic carbocycles. The summed E-state index contributed by atoms with van der Waals surface area (Å²) in [4.78, 5) is 19.9. The summed E-state index contributed by atoms with van der Waals surface area (Å²) in [5.41, 5.74) is 0. The highest BCUT2D eigenvalue weighted by Gasteiger charge is 2.22. The highest BCUT2D eigenvalue weighted by molar-refractivity contribution is 14.0. The Morgan fingerprint density at radius 2 is 1.96 bits per heavy atom. The van der Waals surface area contributed by atoms with Crippen molar-refractivity contribution >= 4 is 35.8 Å². The Balaban J connectivity index is 0.00000529. The van der Waals surface area contributed by atoms with E-state index in [4.69, 9.17) is 9.47 Å². The van der Waals surface area contributed by atoms with Crippen LogP contribution in [0.15, 0.2) is 4.99 Å². The van der Waals surface area contributed by atoms with Gasteiger partial charge in [-0.1, -0.05) is 0 Å². The summed E-state index contributed by atoms with van der Waals surface area (Å²) >= 11 is 0. The number of methoxy groups -OCH3 is 1. The Hall–Kier alpha value is -0.610. The minimum atomic E-state index is 0. The maximum atomic E-state index is 11.7. The van der Waals surface area contributed by atoms with Gasteiger partial charge in [0.15, 0.2) is 5.96 Å². The first-order valence-corrected chi connectivity index (χ1v) is 8.42. The van der Waals surface area contributed by atoms with E-state index in [0.717, 1.165) is 58.1 Å². The SMILES string of the molecule is CCNC(=NCC(=O)N(C)C)N1CCC(OCCCOC)CC1.I. The molecule has 7 nitrogen and oxygen atoms in total. The Labute approximate surface area is 163 Å². The van der Waals surface area contributed by atoms with Gasteiger partial charge in [0.1, 0.15) is 6.54 Å². The van der Waals surface area contributed by atoms with E-state index >= 15 is 0 Å². The largest absolute Gasteiger partial charge is 0.385 e. The van der Waals surface area contributed by atoms with Gasteiger partial charge in [-0.3, -0.25) is 4.79 Å². The average molecular weight is 456 g/mol. The lowest BCUT2D eigenvalue weighted by atomic mass is 10.1. The number of hydrogen-bond acceptors (Lipinski definition) is 4. The highest BCUT2D eigenvalue weighted by atomic mass is 127. The molecule has 0 atom stereocenters. The average Bonchev–Trinajstić information content (AvgIpc) is 2.55. The molecule has 1 aliphatic heterocycles. The summed E-state index contributed by atoms with van der Waals surface area (Å²) < 4.78 is 10.9. The van der Waals surface area contributed by atoms with Crippen molar-refractivity contribution < 1.29 is 14.3 Å². The van der Waals surface area contributed by atoms with Gasteiger partial charge in [-0.2, -0.15) is 0 Å². The molecule has 1 rings (SSSR count). The van der Waals surface area contributed by atoms with E-state index in [1.807, 2.05) is 6.92 Å². The van der Waals surface area contributed by atoms with Crippen LogP contribution < -0.4 is 5.32 Å². The van der Waals surface area contributed by atoms with E-state index in [-0.39, 0.29) is 36.4 Å². The first kappa shape index (κ1) is 23.4. The van der Waals surface area contributed by atoms with Gasteiger partial charge in [0.25, 0.3) is 0 Å². The summed E-state index contributed by atoms with van der Waals surface area (Å²) in [7, 11) is 5.20. The lowest BCUT2D eigenvalue weighted by Gasteiger charge is -2.34. The molecule has 1 amide bonds. The third-order valence-electron chi connectivity index (χ3n) is 3.79. The zero-order valence-corrected chi connectivity index (χ0v) is 17.7. The van der Waals surface area contributed by atoms with E-state index in [9.17, 15) is 4.79 Å². The molecule has 1 saturated heterocycles. The first-order chi connectivity index (χ1) is 11.1. The highest BCUT2D eigenvalue weighted by Crippen LogP contribution is 2.14. The Kier molecular flexibility index (Phi) is 13.3. The number of rotatable bonds is 8. The molecular formula is C16H33IN4O3. The molecule has 0 aromatic heterocycles. The smallest absolute Gasteiger partial charge is 0.243 e. The predicted octanol–water partition coefficient (Wildman–Crippen LogP) is 1.18. The summed E-state index contributed by atoms with van der Waals surface area (Å²) in [5, 5.41) is 3.27. The number of carbonyl (C=O) groups is 1. The van der Waals surface area contributed by atoms with Crippen LogP contribution in [0.2, 0.25) is 0 Å². The number of ether oxygens (including phenoxy) is 2. The zero-order valence-electron chi connectivity index (χ0n) is 15.4. The molecule has 0 aromatic rings. The molecule has 0 unspecified atom stereocenters. The Morgan fingerprint density at radius 3 is 2.50 bits per heavy atom. The van der Waals surface area contributed by atoms with Crippen LogP contribution in [-0.2, 0) is 14.3 Å². The molecule has 142 valence electrons. The lowest BCUT2D eigenvalue weighted by molar-refractivity contribution is -0.127. The van der Waals surface area contributed by atoms with Crippen molar-refractivity contribution in [2.75, 3.05) is 60.6 Å². The molecular weight excluding hydrogens is 423 g/mol. The van der Waals surface area contributed by atoms with Gasteiger partial charge < -0.3 is 24.6 Å². The molecule has 0 bridgehead atoms. The number of hydrogen-bond donors (Lipinski definition) is 1. The van der Waals surface area contributed by atoms with Gasteiger partial charge in [-0.15, -0.1) is 24.0 Å². The van der Waals surface area contributed by atoms with E-state index in [0.29, 0.717) is 6.10 Å². The van der Waals surface area contributed by atoms with Crippen molar-refractivity contribution in [3.8, 4) is 0 Å². The van der Waals surface area contributed by atoms with Crippen LogP contribution in [0.4, 0.5) is 0 Å². The van der Waals surface area contributed by atoms with Gasteiger partial charge in [0.05, 0.1) is 6.10 Å². The number of aliphatic imine (C=N–C) groups is 1. The van der Waals surface area contributed by atoms with Crippen LogP contribution in [-0.4, -0.2) is 88.4 Å². The number of guanidine groups is 1. The Morgan fingerprint density at radius 1 is 1.29 bits per heavy atom. The normalized spacial score (nSPS) is 15.8. The van der Waals surface area contributed by atoms with Crippen molar-refractivity contribution in [1.82, 2.24) is 15.1 Å². The zero-order chi connectivity index (χ0) is 17.1. The third kappa shape index (κ3) is 9.03. The van der Waals surface area contributed by atoms with Crippen LogP contribution in [0, 0.1) is 0 Å². The van der Waals surface area contributed by atoms with E-state index in [1.165, 1.54) is 0 Å². The fourth-order valence-corrected chi connectivity index (χ4v) is 2.40. The molecule has 1 N–H and O–H groups in total. The number of carbonyl (C=O) groups excluding carboxylic acids is 1. The van der Waals surface area contributed by atoms with Gasteiger partial charge >= 0.3 is 0 Å². The molecule has 0 radical (unpaired) electrons. The predicted molar refractivity (Wildman–Crippen MR) is 107 cm³/mol. The molecule has 0 spiro atoms. The number of piperidine rings is 1. The standard InChI is InChI=1S/C16H32N4O3.HI/c1-5-17-16(18-13-15(21)19(2)3)20-9-7-14(8-10-20)23-12-6-11-22-4;/h14H,5-13H2,1-4H3,(H,17,18);1H. The fourth-order valence-electron chi connectivity index (χ4n) is 2.40. The van der Waals surface area contributed by atoms with Crippen molar-refractivity contribution in [3.63, 3.8) is 0 Å². The summed E-state index contributed by atoms with van der Waals surface area (Å²) in [6.07, 6.45) is 3.22. The van der Waals surface area contributed by atoms with Crippen molar-refractivity contribution in [2.24, 2.45) is 4.99 Å². The maximum absolute atomic E-state index is 11.7. The summed E-state index contributed by atoms with van der Waals surface area (Å²) in [5.74, 6) is 0.831. The van der Waals surface area contributed by atoms with Gasteiger partial charge in [0, 0.05) is 54.1 Å². The van der Waals surface area contributed by atoms with Crippen molar-refractivity contribution in [3.05, 3.63) is 0 Å². The summed E-state index contributed by atoms with van der Waals surface area (Å²) in [6, 6.07) is 0.